The third-order valence-corrected chi connectivity index (χ3v) is 1.63. The highest BCUT2D eigenvalue weighted by Crippen LogP contribution is 1.83. The van der Waals surface area contributed by atoms with Gasteiger partial charge in [0.2, 0.25) is 5.91 Å². The van der Waals surface area contributed by atoms with E-state index >= 15 is 0 Å². The Morgan fingerprint density at radius 1 is 1.29 bits per heavy atom. The first-order valence-corrected chi connectivity index (χ1v) is 4.83. The zero-order valence-corrected chi connectivity index (χ0v) is 8.75. The average molecular weight is 204 g/mol. The van der Waals surface area contributed by atoms with E-state index in [1.165, 1.54) is 0 Å². The third-order valence-electron chi connectivity index (χ3n) is 1.63. The van der Waals surface area contributed by atoms with Crippen LogP contribution in [0.1, 0.15) is 12.8 Å². The minimum atomic E-state index is -0.247. The lowest BCUT2D eigenvalue weighted by molar-refractivity contribution is -0.118. The zero-order chi connectivity index (χ0) is 10.6. The molecule has 84 valence electrons. The normalized spacial score (nSPS) is 10.4. The van der Waals surface area contributed by atoms with Crippen molar-refractivity contribution in [2.24, 2.45) is 5.73 Å². The number of ether oxygens (including phenoxy) is 2. The third kappa shape index (κ3) is 11.4. The number of amides is 1. The minimum absolute atomic E-state index is 0.247. The van der Waals surface area contributed by atoms with E-state index in [-0.39, 0.29) is 5.91 Å². The molecular formula is C9H20N2O3. The molecule has 0 unspecified atom stereocenters. The molecule has 0 aliphatic heterocycles. The van der Waals surface area contributed by atoms with Crippen molar-refractivity contribution in [2.75, 3.05) is 40.0 Å². The van der Waals surface area contributed by atoms with Crippen molar-refractivity contribution in [1.29, 1.82) is 0 Å². The maximum atomic E-state index is 10.4. The van der Waals surface area contributed by atoms with Gasteiger partial charge in [0.15, 0.2) is 0 Å². The zero-order valence-electron chi connectivity index (χ0n) is 8.75. The first kappa shape index (κ1) is 13.4. The fourth-order valence-corrected chi connectivity index (χ4v) is 0.901. The van der Waals surface area contributed by atoms with E-state index < -0.39 is 0 Å². The Labute approximate surface area is 84.9 Å². The molecule has 0 aromatic heterocycles. The summed E-state index contributed by atoms with van der Waals surface area (Å²) in [7, 11) is 1.64. The topological polar surface area (TPSA) is 73.6 Å². The van der Waals surface area contributed by atoms with E-state index in [1.54, 1.807) is 7.11 Å². The van der Waals surface area contributed by atoms with Crippen LogP contribution in [0.15, 0.2) is 0 Å². The predicted octanol–water partition coefficient (Wildman–Crippen LogP) is -0.495. The summed E-state index contributed by atoms with van der Waals surface area (Å²) in [6.07, 6.45) is 1.23. The highest BCUT2D eigenvalue weighted by Gasteiger charge is 1.93. The number of nitrogens with two attached hydrogens (primary N) is 1. The van der Waals surface area contributed by atoms with Gasteiger partial charge in [-0.15, -0.1) is 0 Å². The summed E-state index contributed by atoms with van der Waals surface area (Å²) in [5.41, 5.74) is 4.98. The lowest BCUT2D eigenvalue weighted by Gasteiger charge is -2.04. The van der Waals surface area contributed by atoms with E-state index in [4.69, 9.17) is 15.2 Å². The van der Waals surface area contributed by atoms with Gasteiger partial charge in [-0.05, 0) is 13.0 Å². The van der Waals surface area contributed by atoms with Gasteiger partial charge in [0.1, 0.15) is 0 Å². The smallest absolute Gasteiger partial charge is 0.217 e. The quantitative estimate of drug-likeness (QED) is 0.471. The SMILES string of the molecule is COCCOCCNCCCC(N)=O. The molecule has 3 N–H and O–H groups in total. The number of carbonyl (C=O) groups excluding carboxylic acids is 1. The molecule has 1 amide bonds. The molecule has 0 aromatic rings. The van der Waals surface area contributed by atoms with Crippen molar-refractivity contribution in [2.45, 2.75) is 12.8 Å². The van der Waals surface area contributed by atoms with Gasteiger partial charge >= 0.3 is 0 Å². The van der Waals surface area contributed by atoms with Crippen LogP contribution in [0.3, 0.4) is 0 Å². The van der Waals surface area contributed by atoms with Gasteiger partial charge in [0, 0.05) is 20.1 Å². The second kappa shape index (κ2) is 10.4. The fraction of sp³-hybridized carbons (Fsp3) is 0.889. The second-order valence-corrected chi connectivity index (χ2v) is 2.93. The standard InChI is InChI=1S/C9H20N2O3/c1-13-7-8-14-6-5-11-4-2-3-9(10)12/h11H,2-8H2,1H3,(H2,10,12). The molecule has 0 fully saturated rings. The molecule has 0 aromatic carbocycles. The Bertz CT molecular complexity index is 142. The lowest BCUT2D eigenvalue weighted by atomic mass is 10.3. The summed E-state index contributed by atoms with van der Waals surface area (Å²) >= 11 is 0. The number of primary amides is 1. The van der Waals surface area contributed by atoms with Gasteiger partial charge in [-0.1, -0.05) is 0 Å². The Hall–Kier alpha value is -0.650. The van der Waals surface area contributed by atoms with Crippen LogP contribution in [0.2, 0.25) is 0 Å². The molecule has 14 heavy (non-hydrogen) atoms. The number of rotatable bonds is 10. The molecule has 0 atom stereocenters. The van der Waals surface area contributed by atoms with Crippen LogP contribution >= 0.6 is 0 Å². The number of hydrogen-bond donors (Lipinski definition) is 2. The lowest BCUT2D eigenvalue weighted by Crippen LogP contribution is -2.23. The Morgan fingerprint density at radius 3 is 2.71 bits per heavy atom. The summed E-state index contributed by atoms with van der Waals surface area (Å²) in [6, 6.07) is 0. The average Bonchev–Trinajstić information content (AvgIpc) is 2.15. The molecule has 0 aliphatic rings. The molecular weight excluding hydrogens is 184 g/mol. The van der Waals surface area contributed by atoms with Gasteiger partial charge in [0.25, 0.3) is 0 Å². The van der Waals surface area contributed by atoms with Crippen LogP contribution in [0.4, 0.5) is 0 Å². The first-order chi connectivity index (χ1) is 6.77. The van der Waals surface area contributed by atoms with Crippen LogP contribution in [0.25, 0.3) is 0 Å². The van der Waals surface area contributed by atoms with Crippen molar-refractivity contribution >= 4 is 5.91 Å². The van der Waals surface area contributed by atoms with Crippen molar-refractivity contribution in [1.82, 2.24) is 5.32 Å². The molecule has 0 spiro atoms. The van der Waals surface area contributed by atoms with Gasteiger partial charge in [-0.25, -0.2) is 0 Å². The van der Waals surface area contributed by atoms with Gasteiger partial charge in [-0.3, -0.25) is 4.79 Å². The number of hydrogen-bond acceptors (Lipinski definition) is 4. The molecule has 0 aliphatic carbocycles. The monoisotopic (exact) mass is 204 g/mol. The van der Waals surface area contributed by atoms with Crippen molar-refractivity contribution in [3.8, 4) is 0 Å². The van der Waals surface area contributed by atoms with Crippen molar-refractivity contribution < 1.29 is 14.3 Å². The maximum Gasteiger partial charge on any atom is 0.217 e. The van der Waals surface area contributed by atoms with Crippen molar-refractivity contribution in [3.05, 3.63) is 0 Å². The van der Waals surface area contributed by atoms with Crippen LogP contribution in [0.5, 0.6) is 0 Å². The largest absolute Gasteiger partial charge is 0.382 e. The fourth-order valence-electron chi connectivity index (χ4n) is 0.901. The molecule has 5 heteroatoms. The van der Waals surface area contributed by atoms with E-state index in [1.807, 2.05) is 0 Å². The van der Waals surface area contributed by atoms with Crippen molar-refractivity contribution in [3.63, 3.8) is 0 Å². The Kier molecular flexibility index (Phi) is 9.95. The van der Waals surface area contributed by atoms with E-state index in [9.17, 15) is 4.79 Å². The molecule has 0 saturated heterocycles. The Balaban J connectivity index is 2.88. The van der Waals surface area contributed by atoms with Gasteiger partial charge < -0.3 is 20.5 Å². The van der Waals surface area contributed by atoms with Crippen LogP contribution in [0, 0.1) is 0 Å². The number of carbonyl (C=O) groups is 1. The number of nitrogens with one attached hydrogen (secondary N) is 1. The van der Waals surface area contributed by atoms with Crippen LogP contribution in [-0.2, 0) is 14.3 Å². The van der Waals surface area contributed by atoms with Gasteiger partial charge in [0.05, 0.1) is 19.8 Å². The van der Waals surface area contributed by atoms with Gasteiger partial charge in [-0.2, -0.15) is 0 Å². The molecule has 0 rings (SSSR count). The summed E-state index contributed by atoms with van der Waals surface area (Å²) in [5, 5.41) is 3.14. The summed E-state index contributed by atoms with van der Waals surface area (Å²) in [6.45, 7) is 3.51. The van der Waals surface area contributed by atoms with Crippen LogP contribution in [-0.4, -0.2) is 45.9 Å². The highest BCUT2D eigenvalue weighted by molar-refractivity contribution is 5.73. The van der Waals surface area contributed by atoms with E-state index in [0.717, 1.165) is 19.5 Å². The summed E-state index contributed by atoms with van der Waals surface area (Å²) in [5.74, 6) is -0.247. The molecule has 0 bridgehead atoms. The summed E-state index contributed by atoms with van der Waals surface area (Å²) in [4.78, 5) is 10.4. The minimum Gasteiger partial charge on any atom is -0.382 e. The predicted molar refractivity (Wildman–Crippen MR) is 54.0 cm³/mol. The van der Waals surface area contributed by atoms with E-state index in [0.29, 0.717) is 26.2 Å². The Morgan fingerprint density at radius 2 is 2.07 bits per heavy atom. The van der Waals surface area contributed by atoms with Crippen LogP contribution < -0.4 is 11.1 Å². The van der Waals surface area contributed by atoms with E-state index in [2.05, 4.69) is 5.32 Å². The summed E-state index contributed by atoms with van der Waals surface area (Å²) < 4.78 is 10.0. The molecule has 0 radical (unpaired) electrons. The first-order valence-electron chi connectivity index (χ1n) is 4.83. The second-order valence-electron chi connectivity index (χ2n) is 2.93. The molecule has 5 nitrogen and oxygen atoms in total. The highest BCUT2D eigenvalue weighted by atomic mass is 16.5. The maximum absolute atomic E-state index is 10.4. The molecule has 0 heterocycles. The molecule has 0 saturated carbocycles. The number of methoxy groups -OCH3 is 1.